The predicted molar refractivity (Wildman–Crippen MR) is 63.8 cm³/mol. The van der Waals surface area contributed by atoms with E-state index in [4.69, 9.17) is 5.73 Å². The standard InChI is InChI=1S/C11H14BrNS/c1-7-6-14-9(8(7)12)10(2-3-10)11(13)4-5-11/h6H,2-5,13H2,1H3. The molecule has 2 aliphatic rings. The Bertz CT molecular complexity index is 388. The lowest BCUT2D eigenvalue weighted by atomic mass is 9.92. The van der Waals surface area contributed by atoms with Crippen LogP contribution in [-0.4, -0.2) is 5.54 Å². The number of thiophene rings is 1. The topological polar surface area (TPSA) is 26.0 Å². The Hall–Kier alpha value is 0.140. The van der Waals surface area contributed by atoms with Gasteiger partial charge in [0.25, 0.3) is 0 Å². The predicted octanol–water partition coefficient (Wildman–Crippen LogP) is 3.34. The van der Waals surface area contributed by atoms with Gasteiger partial charge in [-0.15, -0.1) is 11.3 Å². The van der Waals surface area contributed by atoms with Crippen LogP contribution in [0.15, 0.2) is 9.85 Å². The van der Waals surface area contributed by atoms with Crippen molar-refractivity contribution >= 4 is 27.3 Å². The summed E-state index contributed by atoms with van der Waals surface area (Å²) in [6, 6.07) is 0. The van der Waals surface area contributed by atoms with E-state index in [0.717, 1.165) is 0 Å². The van der Waals surface area contributed by atoms with Gasteiger partial charge in [-0.2, -0.15) is 0 Å². The van der Waals surface area contributed by atoms with Crippen molar-refractivity contribution in [2.45, 2.75) is 43.6 Å². The van der Waals surface area contributed by atoms with Gasteiger partial charge < -0.3 is 5.73 Å². The second-order valence-electron chi connectivity index (χ2n) is 4.80. The molecule has 1 heterocycles. The zero-order valence-corrected chi connectivity index (χ0v) is 10.7. The summed E-state index contributed by atoms with van der Waals surface area (Å²) in [5, 5.41) is 2.24. The maximum Gasteiger partial charge on any atom is 0.0350 e. The fourth-order valence-electron chi connectivity index (χ4n) is 2.44. The van der Waals surface area contributed by atoms with Crippen molar-refractivity contribution in [3.63, 3.8) is 0 Å². The first-order valence-corrected chi connectivity index (χ1v) is 6.79. The third-order valence-electron chi connectivity index (χ3n) is 3.83. The Labute approximate surface area is 96.8 Å². The van der Waals surface area contributed by atoms with E-state index in [1.165, 1.54) is 40.6 Å². The summed E-state index contributed by atoms with van der Waals surface area (Å²) < 4.78 is 1.32. The second kappa shape index (κ2) is 2.63. The Balaban J connectivity index is 2.07. The molecule has 0 radical (unpaired) electrons. The molecule has 0 aromatic carbocycles. The zero-order valence-electron chi connectivity index (χ0n) is 8.27. The summed E-state index contributed by atoms with van der Waals surface area (Å²) in [5.41, 5.74) is 8.24. The van der Waals surface area contributed by atoms with Gasteiger partial charge in [-0.25, -0.2) is 0 Å². The SMILES string of the molecule is Cc1csc(C2(C3(N)CC3)CC2)c1Br. The van der Waals surface area contributed by atoms with Crippen molar-refractivity contribution in [2.75, 3.05) is 0 Å². The molecule has 1 aromatic rings. The number of halogens is 1. The van der Waals surface area contributed by atoms with Crippen LogP contribution in [0, 0.1) is 6.92 Å². The minimum Gasteiger partial charge on any atom is -0.324 e. The van der Waals surface area contributed by atoms with E-state index in [1.807, 2.05) is 11.3 Å². The van der Waals surface area contributed by atoms with Gasteiger partial charge in [-0.05, 0) is 59.5 Å². The molecule has 0 spiro atoms. The van der Waals surface area contributed by atoms with E-state index in [0.29, 0.717) is 5.41 Å². The van der Waals surface area contributed by atoms with Crippen molar-refractivity contribution in [1.29, 1.82) is 0 Å². The summed E-state index contributed by atoms with van der Waals surface area (Å²) in [6.07, 6.45) is 5.02. The van der Waals surface area contributed by atoms with Crippen molar-refractivity contribution in [3.8, 4) is 0 Å². The molecular formula is C11H14BrNS. The smallest absolute Gasteiger partial charge is 0.0350 e. The fourth-order valence-corrected chi connectivity index (χ4v) is 4.68. The van der Waals surface area contributed by atoms with Gasteiger partial charge in [0.1, 0.15) is 0 Å². The first-order valence-electron chi connectivity index (χ1n) is 5.12. The molecule has 0 atom stereocenters. The molecule has 2 aliphatic carbocycles. The van der Waals surface area contributed by atoms with Crippen LogP contribution in [0.25, 0.3) is 0 Å². The molecule has 1 nitrogen and oxygen atoms in total. The molecule has 0 bridgehead atoms. The normalized spacial score (nSPS) is 26.2. The van der Waals surface area contributed by atoms with Gasteiger partial charge in [0, 0.05) is 20.3 Å². The van der Waals surface area contributed by atoms with Gasteiger partial charge in [0.15, 0.2) is 0 Å². The lowest BCUT2D eigenvalue weighted by Gasteiger charge is -2.22. The Kier molecular flexibility index (Phi) is 1.76. The van der Waals surface area contributed by atoms with Gasteiger partial charge in [-0.3, -0.25) is 0 Å². The minimum atomic E-state index is 0.146. The van der Waals surface area contributed by atoms with E-state index in [2.05, 4.69) is 28.2 Å². The average Bonchev–Trinajstić information content (AvgIpc) is 3.02. The fraction of sp³-hybridized carbons (Fsp3) is 0.636. The van der Waals surface area contributed by atoms with Crippen LogP contribution in [0.1, 0.15) is 36.1 Å². The van der Waals surface area contributed by atoms with Crippen LogP contribution in [-0.2, 0) is 5.41 Å². The summed E-state index contributed by atoms with van der Waals surface area (Å²) >= 11 is 5.59. The third kappa shape index (κ3) is 1.04. The molecule has 0 saturated heterocycles. The van der Waals surface area contributed by atoms with E-state index >= 15 is 0 Å². The molecule has 2 fully saturated rings. The highest BCUT2D eigenvalue weighted by Gasteiger charge is 2.65. The van der Waals surface area contributed by atoms with E-state index in [9.17, 15) is 0 Å². The average molecular weight is 272 g/mol. The molecule has 1 aromatic heterocycles. The third-order valence-corrected chi connectivity index (χ3v) is 6.41. The lowest BCUT2D eigenvalue weighted by molar-refractivity contribution is 0.509. The van der Waals surface area contributed by atoms with Gasteiger partial charge >= 0.3 is 0 Å². The number of hydrogen-bond donors (Lipinski definition) is 1. The summed E-state index contributed by atoms with van der Waals surface area (Å²) in [5.74, 6) is 0. The summed E-state index contributed by atoms with van der Waals surface area (Å²) in [7, 11) is 0. The van der Waals surface area contributed by atoms with Gasteiger partial charge in [0.2, 0.25) is 0 Å². The van der Waals surface area contributed by atoms with E-state index in [-0.39, 0.29) is 5.54 Å². The Morgan fingerprint density at radius 1 is 1.36 bits per heavy atom. The molecule has 2 saturated carbocycles. The number of hydrogen-bond acceptors (Lipinski definition) is 2. The van der Waals surface area contributed by atoms with E-state index in [1.54, 1.807) is 0 Å². The summed E-state index contributed by atoms with van der Waals surface area (Å²) in [6.45, 7) is 2.16. The monoisotopic (exact) mass is 271 g/mol. The number of nitrogens with two attached hydrogens (primary N) is 1. The van der Waals surface area contributed by atoms with Crippen LogP contribution in [0.2, 0.25) is 0 Å². The summed E-state index contributed by atoms with van der Waals surface area (Å²) in [4.78, 5) is 1.51. The van der Waals surface area contributed by atoms with Crippen LogP contribution >= 0.6 is 27.3 Å². The number of rotatable bonds is 2. The highest BCUT2D eigenvalue weighted by Crippen LogP contribution is 2.65. The Morgan fingerprint density at radius 3 is 2.36 bits per heavy atom. The molecule has 2 N–H and O–H groups in total. The largest absolute Gasteiger partial charge is 0.324 e. The Morgan fingerprint density at radius 2 is 2.00 bits per heavy atom. The van der Waals surface area contributed by atoms with Gasteiger partial charge in [-0.1, -0.05) is 0 Å². The molecule has 0 unspecified atom stereocenters. The molecule has 76 valence electrons. The van der Waals surface area contributed by atoms with Crippen LogP contribution in [0.4, 0.5) is 0 Å². The van der Waals surface area contributed by atoms with Crippen molar-refractivity contribution in [2.24, 2.45) is 5.73 Å². The molecule has 3 heteroatoms. The van der Waals surface area contributed by atoms with Crippen molar-refractivity contribution in [1.82, 2.24) is 0 Å². The quantitative estimate of drug-likeness (QED) is 0.878. The highest BCUT2D eigenvalue weighted by molar-refractivity contribution is 9.10. The van der Waals surface area contributed by atoms with Crippen molar-refractivity contribution in [3.05, 3.63) is 20.3 Å². The zero-order chi connectivity index (χ0) is 9.97. The van der Waals surface area contributed by atoms with Gasteiger partial charge in [0.05, 0.1) is 0 Å². The van der Waals surface area contributed by atoms with Crippen LogP contribution < -0.4 is 5.73 Å². The van der Waals surface area contributed by atoms with Crippen molar-refractivity contribution < 1.29 is 0 Å². The van der Waals surface area contributed by atoms with Crippen LogP contribution in [0.5, 0.6) is 0 Å². The molecular weight excluding hydrogens is 258 g/mol. The molecule has 0 amide bonds. The molecule has 14 heavy (non-hydrogen) atoms. The maximum atomic E-state index is 6.38. The maximum absolute atomic E-state index is 6.38. The first-order chi connectivity index (χ1) is 6.59. The first kappa shape index (κ1) is 9.37. The highest BCUT2D eigenvalue weighted by atomic mass is 79.9. The second-order valence-corrected chi connectivity index (χ2v) is 6.47. The minimum absolute atomic E-state index is 0.146. The van der Waals surface area contributed by atoms with Crippen LogP contribution in [0.3, 0.4) is 0 Å². The lowest BCUT2D eigenvalue weighted by Crippen LogP contribution is -2.36. The number of aryl methyl sites for hydroxylation is 1. The molecule has 3 rings (SSSR count). The molecule has 0 aliphatic heterocycles. The van der Waals surface area contributed by atoms with E-state index < -0.39 is 0 Å².